The number of esters is 1. The van der Waals surface area contributed by atoms with Crippen molar-refractivity contribution in [3.05, 3.63) is 66.0 Å². The molecule has 0 spiro atoms. The summed E-state index contributed by atoms with van der Waals surface area (Å²) in [5, 5.41) is 0. The molecule has 1 aromatic heterocycles. The van der Waals surface area contributed by atoms with E-state index in [2.05, 4.69) is 4.98 Å². The van der Waals surface area contributed by atoms with Crippen LogP contribution in [0.25, 0.3) is 0 Å². The zero-order valence-corrected chi connectivity index (χ0v) is 19.3. The lowest BCUT2D eigenvalue weighted by Crippen LogP contribution is -2.47. The molecule has 2 fully saturated rings. The highest BCUT2D eigenvalue weighted by Gasteiger charge is 2.54. The van der Waals surface area contributed by atoms with E-state index in [9.17, 15) is 19.2 Å². The molecule has 0 unspecified atom stereocenters. The number of rotatable bonds is 7. The van der Waals surface area contributed by atoms with Gasteiger partial charge in [-0.25, -0.2) is 0 Å². The molecule has 178 valence electrons. The van der Waals surface area contributed by atoms with Crippen molar-refractivity contribution in [2.45, 2.75) is 44.6 Å². The SMILES string of the molecule is CCOC(=O)[C@H]1CCCN(C(=O)C[C@@]2(c3ccccc3)CC(=O)N(Cc3cccnc3)C2=O)C1. The van der Waals surface area contributed by atoms with Crippen LogP contribution in [0.4, 0.5) is 0 Å². The Balaban J connectivity index is 1.59. The second-order valence-electron chi connectivity index (χ2n) is 8.88. The van der Waals surface area contributed by atoms with Gasteiger partial charge in [-0.3, -0.25) is 29.1 Å². The summed E-state index contributed by atoms with van der Waals surface area (Å²) in [5.41, 5.74) is 0.121. The van der Waals surface area contributed by atoms with Crippen molar-refractivity contribution in [3.8, 4) is 0 Å². The minimum atomic E-state index is -1.27. The van der Waals surface area contributed by atoms with Crippen LogP contribution >= 0.6 is 0 Å². The number of pyridine rings is 1. The fourth-order valence-electron chi connectivity index (χ4n) is 4.88. The summed E-state index contributed by atoms with van der Waals surface area (Å²) in [6.07, 6.45) is 4.41. The molecule has 3 heterocycles. The first-order chi connectivity index (χ1) is 16.4. The molecular weight excluding hydrogens is 434 g/mol. The summed E-state index contributed by atoms with van der Waals surface area (Å²) >= 11 is 0. The summed E-state index contributed by atoms with van der Waals surface area (Å²) in [7, 11) is 0. The number of nitrogens with zero attached hydrogens (tertiary/aromatic N) is 3. The van der Waals surface area contributed by atoms with E-state index >= 15 is 0 Å². The number of carbonyl (C=O) groups is 4. The Kier molecular flexibility index (Phi) is 7.05. The van der Waals surface area contributed by atoms with E-state index in [1.54, 1.807) is 54.5 Å². The van der Waals surface area contributed by atoms with E-state index < -0.39 is 5.41 Å². The van der Waals surface area contributed by atoms with Gasteiger partial charge in [0.1, 0.15) is 0 Å². The Labute approximate surface area is 198 Å². The number of hydrogen-bond acceptors (Lipinski definition) is 6. The lowest BCUT2D eigenvalue weighted by atomic mass is 9.75. The Morgan fingerprint density at radius 2 is 1.94 bits per heavy atom. The fraction of sp³-hybridized carbons (Fsp3) is 0.423. The Morgan fingerprint density at radius 1 is 1.15 bits per heavy atom. The number of aromatic nitrogens is 1. The topological polar surface area (TPSA) is 96.9 Å². The first-order valence-corrected chi connectivity index (χ1v) is 11.7. The zero-order chi connectivity index (χ0) is 24.1. The molecule has 8 heteroatoms. The summed E-state index contributed by atoms with van der Waals surface area (Å²) in [4.78, 5) is 59.4. The molecule has 0 aliphatic carbocycles. The van der Waals surface area contributed by atoms with Gasteiger partial charge in [0, 0.05) is 38.3 Å². The van der Waals surface area contributed by atoms with Crippen LogP contribution in [0.15, 0.2) is 54.9 Å². The molecule has 2 aliphatic heterocycles. The lowest BCUT2D eigenvalue weighted by Gasteiger charge is -2.34. The van der Waals surface area contributed by atoms with Gasteiger partial charge in [-0.1, -0.05) is 36.4 Å². The highest BCUT2D eigenvalue weighted by atomic mass is 16.5. The molecule has 2 atom stereocenters. The van der Waals surface area contributed by atoms with Gasteiger partial charge in [-0.15, -0.1) is 0 Å². The highest BCUT2D eigenvalue weighted by Crippen LogP contribution is 2.41. The zero-order valence-electron chi connectivity index (χ0n) is 19.3. The van der Waals surface area contributed by atoms with Gasteiger partial charge in [0.05, 0.1) is 24.5 Å². The number of carbonyl (C=O) groups excluding carboxylic acids is 4. The fourth-order valence-corrected chi connectivity index (χ4v) is 4.88. The Morgan fingerprint density at radius 3 is 2.65 bits per heavy atom. The van der Waals surface area contributed by atoms with Crippen molar-refractivity contribution in [2.75, 3.05) is 19.7 Å². The normalized spacial score (nSPS) is 22.7. The maximum absolute atomic E-state index is 13.8. The van der Waals surface area contributed by atoms with Gasteiger partial charge in [-0.2, -0.15) is 0 Å². The average molecular weight is 464 g/mol. The Hall–Kier alpha value is -3.55. The van der Waals surface area contributed by atoms with Gasteiger partial charge in [0.25, 0.3) is 0 Å². The van der Waals surface area contributed by atoms with E-state index in [4.69, 9.17) is 4.74 Å². The maximum atomic E-state index is 13.8. The van der Waals surface area contributed by atoms with Gasteiger partial charge >= 0.3 is 5.97 Å². The predicted molar refractivity (Wildman–Crippen MR) is 123 cm³/mol. The number of amides is 3. The van der Waals surface area contributed by atoms with Gasteiger partial charge < -0.3 is 9.64 Å². The number of likely N-dealkylation sites (tertiary alicyclic amines) is 2. The average Bonchev–Trinajstić information content (AvgIpc) is 3.10. The second-order valence-corrected chi connectivity index (χ2v) is 8.88. The molecule has 2 saturated heterocycles. The molecule has 3 amide bonds. The summed E-state index contributed by atoms with van der Waals surface area (Å²) < 4.78 is 5.15. The Bertz CT molecular complexity index is 1060. The molecule has 2 aromatic rings. The van der Waals surface area contributed by atoms with Crippen LogP contribution in [-0.4, -0.2) is 58.2 Å². The van der Waals surface area contributed by atoms with Crippen molar-refractivity contribution < 1.29 is 23.9 Å². The van der Waals surface area contributed by atoms with Crippen molar-refractivity contribution in [1.29, 1.82) is 0 Å². The van der Waals surface area contributed by atoms with Crippen LogP contribution in [0.3, 0.4) is 0 Å². The summed E-state index contributed by atoms with van der Waals surface area (Å²) in [5.74, 6) is -1.59. The highest BCUT2D eigenvalue weighted by molar-refractivity contribution is 6.10. The molecule has 4 rings (SSSR count). The smallest absolute Gasteiger partial charge is 0.310 e. The van der Waals surface area contributed by atoms with Crippen LogP contribution in [0.5, 0.6) is 0 Å². The first-order valence-electron chi connectivity index (χ1n) is 11.7. The van der Waals surface area contributed by atoms with Crippen LogP contribution in [0.2, 0.25) is 0 Å². The summed E-state index contributed by atoms with van der Waals surface area (Å²) in [6.45, 7) is 2.95. The standard InChI is InChI=1S/C26H29N3O5/c1-2-34-24(32)20-9-7-13-28(18-20)22(30)14-26(21-10-4-3-5-11-21)15-23(31)29(25(26)33)17-19-8-6-12-27-16-19/h3-6,8,10-12,16,20H,2,7,9,13-15,17-18H2,1H3/t20-,26-/m0/s1. The molecule has 2 aliphatic rings. The number of imide groups is 1. The van der Waals surface area contributed by atoms with E-state index in [0.29, 0.717) is 31.6 Å². The predicted octanol–water partition coefficient (Wildman–Crippen LogP) is 2.47. The van der Waals surface area contributed by atoms with Crippen LogP contribution in [0.1, 0.15) is 43.7 Å². The van der Waals surface area contributed by atoms with Gasteiger partial charge in [0.15, 0.2) is 0 Å². The van der Waals surface area contributed by atoms with E-state index in [0.717, 1.165) is 5.56 Å². The second kappa shape index (κ2) is 10.2. The van der Waals surface area contributed by atoms with Crippen molar-refractivity contribution >= 4 is 23.7 Å². The van der Waals surface area contributed by atoms with Crippen molar-refractivity contribution in [3.63, 3.8) is 0 Å². The van der Waals surface area contributed by atoms with E-state index in [1.807, 2.05) is 12.1 Å². The number of hydrogen-bond donors (Lipinski definition) is 0. The van der Waals surface area contributed by atoms with Gasteiger partial charge in [-0.05, 0) is 37.0 Å². The van der Waals surface area contributed by atoms with Crippen molar-refractivity contribution in [2.24, 2.45) is 5.92 Å². The summed E-state index contributed by atoms with van der Waals surface area (Å²) in [6, 6.07) is 12.6. The monoisotopic (exact) mass is 463 g/mol. The number of ether oxygens (including phenoxy) is 1. The van der Waals surface area contributed by atoms with Crippen LogP contribution < -0.4 is 0 Å². The number of piperidine rings is 1. The van der Waals surface area contributed by atoms with Crippen LogP contribution in [-0.2, 0) is 35.9 Å². The molecule has 1 aromatic carbocycles. The van der Waals surface area contributed by atoms with E-state index in [-0.39, 0.29) is 55.5 Å². The molecule has 8 nitrogen and oxygen atoms in total. The quantitative estimate of drug-likeness (QED) is 0.462. The van der Waals surface area contributed by atoms with Crippen molar-refractivity contribution in [1.82, 2.24) is 14.8 Å². The molecule has 0 saturated carbocycles. The third-order valence-electron chi connectivity index (χ3n) is 6.65. The largest absolute Gasteiger partial charge is 0.466 e. The van der Waals surface area contributed by atoms with Crippen LogP contribution in [0, 0.1) is 5.92 Å². The number of benzene rings is 1. The minimum Gasteiger partial charge on any atom is -0.466 e. The molecular formula is C26H29N3O5. The molecule has 0 N–H and O–H groups in total. The lowest BCUT2D eigenvalue weighted by molar-refractivity contribution is -0.152. The third-order valence-corrected chi connectivity index (χ3v) is 6.65. The molecule has 0 radical (unpaired) electrons. The van der Waals surface area contributed by atoms with Gasteiger partial charge in [0.2, 0.25) is 17.7 Å². The first kappa shape index (κ1) is 23.6. The minimum absolute atomic E-state index is 0.0724. The molecule has 34 heavy (non-hydrogen) atoms. The van der Waals surface area contributed by atoms with E-state index in [1.165, 1.54) is 4.90 Å². The third kappa shape index (κ3) is 4.71. The molecule has 0 bridgehead atoms. The maximum Gasteiger partial charge on any atom is 0.310 e.